The van der Waals surface area contributed by atoms with Gasteiger partial charge < -0.3 is 9.84 Å². The highest BCUT2D eigenvalue weighted by Gasteiger charge is 2.37. The van der Waals surface area contributed by atoms with Crippen LogP contribution in [0.3, 0.4) is 0 Å². The van der Waals surface area contributed by atoms with Crippen LogP contribution < -0.4 is 4.90 Å². The second-order valence-corrected chi connectivity index (χ2v) is 4.95. The van der Waals surface area contributed by atoms with Crippen LogP contribution in [0.5, 0.6) is 0 Å². The summed E-state index contributed by atoms with van der Waals surface area (Å²) in [5.41, 5.74) is 3.78. The van der Waals surface area contributed by atoms with Crippen LogP contribution in [0.25, 0.3) is 0 Å². The molecule has 1 amide bonds. The van der Waals surface area contributed by atoms with Crippen molar-refractivity contribution in [3.8, 4) is 0 Å². The summed E-state index contributed by atoms with van der Waals surface area (Å²) < 4.78 is 5.00. The molecule has 2 rings (SSSR count). The summed E-state index contributed by atoms with van der Waals surface area (Å²) in [4.78, 5) is 24.2. The molecule has 0 radical (unpaired) electrons. The number of cyclic esters (lactones) is 1. The Bertz CT molecular complexity index is 515. The van der Waals surface area contributed by atoms with E-state index in [9.17, 15) is 9.59 Å². The number of anilines is 1. The number of ether oxygens (including phenoxy) is 1. The highest BCUT2D eigenvalue weighted by atomic mass is 16.6. The Morgan fingerprint density at radius 1 is 1.37 bits per heavy atom. The van der Waals surface area contributed by atoms with Gasteiger partial charge in [-0.25, -0.2) is 4.79 Å². The molecule has 0 bridgehead atoms. The molecule has 1 aromatic rings. The second-order valence-electron chi connectivity index (χ2n) is 4.95. The molecule has 1 unspecified atom stereocenters. The minimum Gasteiger partial charge on any atom is -0.481 e. The third-order valence-corrected chi connectivity index (χ3v) is 3.25. The lowest BCUT2D eigenvalue weighted by Gasteiger charge is -2.24. The van der Waals surface area contributed by atoms with Crippen molar-refractivity contribution in [1.82, 2.24) is 0 Å². The van der Waals surface area contributed by atoms with Crippen LogP contribution in [0.15, 0.2) is 12.1 Å². The van der Waals surface area contributed by atoms with E-state index in [1.165, 1.54) is 4.90 Å². The van der Waals surface area contributed by atoms with Gasteiger partial charge in [-0.2, -0.15) is 0 Å². The molecule has 0 spiro atoms. The maximum Gasteiger partial charge on any atom is 0.414 e. The Kier molecular flexibility index (Phi) is 3.46. The van der Waals surface area contributed by atoms with Crippen LogP contribution in [-0.4, -0.2) is 29.8 Å². The van der Waals surface area contributed by atoms with Crippen LogP contribution in [-0.2, 0) is 9.53 Å². The summed E-state index contributed by atoms with van der Waals surface area (Å²) in [5.74, 6) is -0.935. The van der Waals surface area contributed by atoms with Gasteiger partial charge in [0, 0.05) is 0 Å². The number of hydrogen-bond donors (Lipinski definition) is 1. The predicted molar refractivity (Wildman–Crippen MR) is 70.5 cm³/mol. The Morgan fingerprint density at radius 2 is 1.95 bits per heavy atom. The lowest BCUT2D eigenvalue weighted by atomic mass is 10.0. The maximum absolute atomic E-state index is 11.9. The van der Waals surface area contributed by atoms with Gasteiger partial charge in [0.2, 0.25) is 0 Å². The Hall–Kier alpha value is -2.04. The SMILES string of the molecule is Cc1cc(C)c(N2C(=O)OCC2CC(=O)O)c(C)c1. The van der Waals surface area contributed by atoms with Crippen molar-refractivity contribution < 1.29 is 19.4 Å². The third kappa shape index (κ3) is 2.54. The van der Waals surface area contributed by atoms with Crippen LogP contribution in [0, 0.1) is 20.8 Å². The van der Waals surface area contributed by atoms with E-state index in [1.807, 2.05) is 32.9 Å². The summed E-state index contributed by atoms with van der Waals surface area (Å²) in [6.07, 6.45) is -0.584. The summed E-state index contributed by atoms with van der Waals surface area (Å²) in [6, 6.07) is 3.52. The van der Waals surface area contributed by atoms with Crippen molar-refractivity contribution in [2.45, 2.75) is 33.2 Å². The molecule has 1 N–H and O–H groups in total. The van der Waals surface area contributed by atoms with Crippen molar-refractivity contribution in [2.24, 2.45) is 0 Å². The number of carboxylic acids is 1. The number of carboxylic acid groups (broad SMARTS) is 1. The van der Waals surface area contributed by atoms with Gasteiger partial charge in [0.1, 0.15) is 6.61 Å². The first-order chi connectivity index (χ1) is 8.90. The molecule has 0 saturated carbocycles. The fourth-order valence-corrected chi connectivity index (χ4v) is 2.64. The zero-order chi connectivity index (χ0) is 14.2. The standard InChI is InChI=1S/C14H17NO4/c1-8-4-9(2)13(10(3)5-8)15-11(6-12(16)17)7-19-14(15)18/h4-5,11H,6-7H2,1-3H3,(H,16,17). The molecule has 1 atom stereocenters. The lowest BCUT2D eigenvalue weighted by molar-refractivity contribution is -0.137. The number of nitrogens with zero attached hydrogens (tertiary/aromatic N) is 1. The smallest absolute Gasteiger partial charge is 0.414 e. The largest absolute Gasteiger partial charge is 0.481 e. The lowest BCUT2D eigenvalue weighted by Crippen LogP contribution is -2.36. The van der Waals surface area contributed by atoms with Crippen molar-refractivity contribution in [2.75, 3.05) is 11.5 Å². The number of benzene rings is 1. The Morgan fingerprint density at radius 3 is 2.47 bits per heavy atom. The van der Waals surface area contributed by atoms with Crippen LogP contribution >= 0.6 is 0 Å². The summed E-state index contributed by atoms with van der Waals surface area (Å²) >= 11 is 0. The Labute approximate surface area is 111 Å². The molecule has 102 valence electrons. The first-order valence-electron chi connectivity index (χ1n) is 6.15. The fraction of sp³-hybridized carbons (Fsp3) is 0.429. The minimum absolute atomic E-state index is 0.113. The highest BCUT2D eigenvalue weighted by molar-refractivity contribution is 5.93. The van der Waals surface area contributed by atoms with Gasteiger partial charge in [-0.05, 0) is 31.9 Å². The molecule has 1 aromatic carbocycles. The first-order valence-corrected chi connectivity index (χ1v) is 6.15. The van der Waals surface area contributed by atoms with E-state index >= 15 is 0 Å². The molecule has 1 saturated heterocycles. The molecule has 19 heavy (non-hydrogen) atoms. The van der Waals surface area contributed by atoms with E-state index in [0.717, 1.165) is 22.4 Å². The molecule has 5 heteroatoms. The van der Waals surface area contributed by atoms with Gasteiger partial charge in [0.25, 0.3) is 0 Å². The predicted octanol–water partition coefficient (Wildman–Crippen LogP) is 2.41. The molecule has 1 heterocycles. The van der Waals surface area contributed by atoms with Gasteiger partial charge in [0.05, 0.1) is 18.2 Å². The van der Waals surface area contributed by atoms with Crippen molar-refractivity contribution >= 4 is 17.7 Å². The normalized spacial score (nSPS) is 18.6. The van der Waals surface area contributed by atoms with E-state index in [1.54, 1.807) is 0 Å². The number of hydrogen-bond acceptors (Lipinski definition) is 3. The topological polar surface area (TPSA) is 66.8 Å². The number of carbonyl (C=O) groups is 2. The minimum atomic E-state index is -0.935. The third-order valence-electron chi connectivity index (χ3n) is 3.25. The molecule has 1 aliphatic heterocycles. The zero-order valence-electron chi connectivity index (χ0n) is 11.3. The highest BCUT2D eigenvalue weighted by Crippen LogP contribution is 2.32. The van der Waals surface area contributed by atoms with E-state index in [2.05, 4.69) is 0 Å². The molecule has 1 fully saturated rings. The summed E-state index contributed by atoms with van der Waals surface area (Å²) in [6.45, 7) is 5.94. The van der Waals surface area contributed by atoms with Gasteiger partial charge >= 0.3 is 12.1 Å². The second kappa shape index (κ2) is 4.91. The summed E-state index contributed by atoms with van der Waals surface area (Å²) in [5, 5.41) is 8.91. The first kappa shape index (κ1) is 13.4. The molecule has 1 aliphatic rings. The average Bonchev–Trinajstić information content (AvgIpc) is 2.59. The van der Waals surface area contributed by atoms with Crippen molar-refractivity contribution in [1.29, 1.82) is 0 Å². The van der Waals surface area contributed by atoms with Gasteiger partial charge in [-0.3, -0.25) is 9.69 Å². The Balaban J connectivity index is 2.43. The number of rotatable bonds is 3. The van der Waals surface area contributed by atoms with Gasteiger partial charge in [0.15, 0.2) is 0 Å². The molecular formula is C14H17NO4. The van der Waals surface area contributed by atoms with Crippen molar-refractivity contribution in [3.05, 3.63) is 28.8 Å². The summed E-state index contributed by atoms with van der Waals surface area (Å²) in [7, 11) is 0. The van der Waals surface area contributed by atoms with E-state index in [-0.39, 0.29) is 13.0 Å². The van der Waals surface area contributed by atoms with E-state index < -0.39 is 18.1 Å². The zero-order valence-corrected chi connectivity index (χ0v) is 11.3. The number of amides is 1. The molecule has 5 nitrogen and oxygen atoms in total. The van der Waals surface area contributed by atoms with Gasteiger partial charge in [-0.1, -0.05) is 17.7 Å². The number of aliphatic carboxylic acids is 1. The molecule has 0 aromatic heterocycles. The quantitative estimate of drug-likeness (QED) is 0.909. The fourth-order valence-electron chi connectivity index (χ4n) is 2.64. The van der Waals surface area contributed by atoms with Gasteiger partial charge in [-0.15, -0.1) is 0 Å². The number of aryl methyl sites for hydroxylation is 3. The molecule has 0 aliphatic carbocycles. The molecular weight excluding hydrogens is 246 g/mol. The van der Waals surface area contributed by atoms with E-state index in [0.29, 0.717) is 0 Å². The monoisotopic (exact) mass is 263 g/mol. The maximum atomic E-state index is 11.9. The van der Waals surface area contributed by atoms with Crippen LogP contribution in [0.1, 0.15) is 23.1 Å². The van der Waals surface area contributed by atoms with Crippen LogP contribution in [0.4, 0.5) is 10.5 Å². The number of carbonyl (C=O) groups excluding carboxylic acids is 1. The average molecular weight is 263 g/mol. The van der Waals surface area contributed by atoms with Crippen molar-refractivity contribution in [3.63, 3.8) is 0 Å². The van der Waals surface area contributed by atoms with Crippen LogP contribution in [0.2, 0.25) is 0 Å². The van der Waals surface area contributed by atoms with E-state index in [4.69, 9.17) is 9.84 Å².